The molecule has 2 aromatic rings. The molecule has 0 aromatic heterocycles. The van der Waals surface area contributed by atoms with E-state index >= 15 is 0 Å². The predicted octanol–water partition coefficient (Wildman–Crippen LogP) is 3.02. The van der Waals surface area contributed by atoms with Crippen molar-refractivity contribution in [1.29, 1.82) is 0 Å². The molecular formula is C18H18FNO3S. The summed E-state index contributed by atoms with van der Waals surface area (Å²) in [6.07, 6.45) is -0.208. The van der Waals surface area contributed by atoms with Gasteiger partial charge in [-0.25, -0.2) is 4.39 Å². The highest BCUT2D eigenvalue weighted by Crippen LogP contribution is 2.30. The lowest BCUT2D eigenvalue weighted by atomic mass is 10.2. The first-order chi connectivity index (χ1) is 11.7. The van der Waals surface area contributed by atoms with Gasteiger partial charge in [-0.2, -0.15) is 0 Å². The third-order valence-corrected chi connectivity index (χ3v) is 4.52. The number of benzene rings is 2. The first-order valence-electron chi connectivity index (χ1n) is 7.68. The molecule has 1 amide bonds. The quantitative estimate of drug-likeness (QED) is 0.873. The first-order valence-corrected chi connectivity index (χ1v) is 8.84. The molecule has 6 heteroatoms. The number of fused-ring (bicyclic) bond motifs is 1. The number of amides is 1. The molecule has 4 nitrogen and oxygen atoms in total. The van der Waals surface area contributed by atoms with E-state index in [-0.39, 0.29) is 23.6 Å². The van der Waals surface area contributed by atoms with Crippen molar-refractivity contribution in [2.45, 2.75) is 11.9 Å². The fourth-order valence-electron chi connectivity index (χ4n) is 2.31. The lowest BCUT2D eigenvalue weighted by Crippen LogP contribution is -2.41. The van der Waals surface area contributed by atoms with Gasteiger partial charge in [0.15, 0.2) is 11.5 Å². The van der Waals surface area contributed by atoms with Crippen molar-refractivity contribution in [3.8, 4) is 11.5 Å². The Bertz CT molecular complexity index is 710. The third-order valence-electron chi connectivity index (χ3n) is 3.54. The normalized spacial score (nSPS) is 15.8. The summed E-state index contributed by atoms with van der Waals surface area (Å²) >= 11 is 1.38. The summed E-state index contributed by atoms with van der Waals surface area (Å²) < 4.78 is 24.9. The molecule has 3 rings (SSSR count). The van der Waals surface area contributed by atoms with Crippen molar-refractivity contribution in [2.75, 3.05) is 18.9 Å². The summed E-state index contributed by atoms with van der Waals surface area (Å²) in [5, 5.41) is 2.83. The van der Waals surface area contributed by atoms with E-state index in [4.69, 9.17) is 9.47 Å². The second kappa shape index (κ2) is 8.06. The van der Waals surface area contributed by atoms with Gasteiger partial charge in [0.25, 0.3) is 0 Å². The van der Waals surface area contributed by atoms with E-state index in [1.165, 1.54) is 17.8 Å². The number of thioether (sulfide) groups is 1. The third kappa shape index (κ3) is 4.41. The number of halogens is 1. The van der Waals surface area contributed by atoms with Crippen molar-refractivity contribution in [1.82, 2.24) is 5.32 Å². The average molecular weight is 347 g/mol. The number of ether oxygens (including phenoxy) is 2. The van der Waals surface area contributed by atoms with Crippen molar-refractivity contribution < 1.29 is 18.7 Å². The van der Waals surface area contributed by atoms with Gasteiger partial charge in [0, 0.05) is 5.75 Å². The van der Waals surface area contributed by atoms with Crippen LogP contribution >= 0.6 is 11.8 Å². The molecule has 0 fully saturated rings. The summed E-state index contributed by atoms with van der Waals surface area (Å²) in [6, 6.07) is 14.0. The number of hydrogen-bond acceptors (Lipinski definition) is 4. The molecule has 24 heavy (non-hydrogen) atoms. The molecule has 0 saturated heterocycles. The monoisotopic (exact) mass is 347 g/mol. The molecule has 126 valence electrons. The largest absolute Gasteiger partial charge is 0.486 e. The van der Waals surface area contributed by atoms with Crippen molar-refractivity contribution >= 4 is 17.7 Å². The van der Waals surface area contributed by atoms with E-state index in [1.807, 2.05) is 24.3 Å². The molecule has 2 aromatic carbocycles. The number of carbonyl (C=O) groups is 1. The van der Waals surface area contributed by atoms with Gasteiger partial charge in [0.1, 0.15) is 18.5 Å². The molecular weight excluding hydrogens is 329 g/mol. The summed E-state index contributed by atoms with van der Waals surface area (Å²) in [6.45, 7) is 0.785. The molecule has 0 bridgehead atoms. The zero-order valence-corrected chi connectivity index (χ0v) is 13.9. The number of nitrogens with one attached hydrogen (secondary N) is 1. The SMILES string of the molecule is O=C(CSCc1ccccc1F)NCC1COc2ccccc2O1. The van der Waals surface area contributed by atoms with Crippen LogP contribution in [0.5, 0.6) is 11.5 Å². The van der Waals surface area contributed by atoms with Crippen LogP contribution in [0.1, 0.15) is 5.56 Å². The molecule has 0 radical (unpaired) electrons. The predicted molar refractivity (Wildman–Crippen MR) is 91.9 cm³/mol. The highest BCUT2D eigenvalue weighted by atomic mass is 32.2. The Labute approximate surface area is 144 Å². The van der Waals surface area contributed by atoms with E-state index in [2.05, 4.69) is 5.32 Å². The fraction of sp³-hybridized carbons (Fsp3) is 0.278. The molecule has 1 N–H and O–H groups in total. The van der Waals surface area contributed by atoms with Crippen LogP contribution in [0.3, 0.4) is 0 Å². The van der Waals surface area contributed by atoms with E-state index in [9.17, 15) is 9.18 Å². The van der Waals surface area contributed by atoms with Gasteiger partial charge in [-0.1, -0.05) is 30.3 Å². The number of carbonyl (C=O) groups excluding carboxylic acids is 1. The summed E-state index contributed by atoms with van der Waals surface area (Å²) in [5.74, 6) is 1.82. The maximum atomic E-state index is 13.5. The van der Waals surface area contributed by atoms with Crippen LogP contribution in [0.4, 0.5) is 4.39 Å². The Balaban J connectivity index is 1.38. The highest BCUT2D eigenvalue weighted by molar-refractivity contribution is 7.99. The van der Waals surface area contributed by atoms with E-state index < -0.39 is 0 Å². The first kappa shape index (κ1) is 16.6. The van der Waals surface area contributed by atoms with Crippen LogP contribution in [0.25, 0.3) is 0 Å². The minimum Gasteiger partial charge on any atom is -0.486 e. The van der Waals surface area contributed by atoms with E-state index in [1.54, 1.807) is 18.2 Å². The average Bonchev–Trinajstić information content (AvgIpc) is 2.61. The van der Waals surface area contributed by atoms with Crippen molar-refractivity contribution in [2.24, 2.45) is 0 Å². The molecule has 1 aliphatic heterocycles. The summed E-state index contributed by atoms with van der Waals surface area (Å²) in [5.41, 5.74) is 0.607. The van der Waals surface area contributed by atoms with Crippen LogP contribution in [0, 0.1) is 5.82 Å². The van der Waals surface area contributed by atoms with Crippen molar-refractivity contribution in [3.63, 3.8) is 0 Å². The van der Waals surface area contributed by atoms with Gasteiger partial charge in [0.2, 0.25) is 5.91 Å². The van der Waals surface area contributed by atoms with E-state index in [0.29, 0.717) is 30.2 Å². The standard InChI is InChI=1S/C18H18FNO3S/c19-15-6-2-1-5-13(15)11-24-12-18(21)20-9-14-10-22-16-7-3-4-8-17(16)23-14/h1-8,14H,9-12H2,(H,20,21). The van der Waals surface area contributed by atoms with Crippen LogP contribution in [-0.2, 0) is 10.5 Å². The van der Waals surface area contributed by atoms with Gasteiger partial charge in [-0.3, -0.25) is 4.79 Å². The number of para-hydroxylation sites is 2. The van der Waals surface area contributed by atoms with Crippen LogP contribution in [0.15, 0.2) is 48.5 Å². The molecule has 1 aliphatic rings. The number of rotatable bonds is 6. The molecule has 1 atom stereocenters. The Morgan fingerprint density at radius 1 is 1.17 bits per heavy atom. The van der Waals surface area contributed by atoms with Crippen LogP contribution in [0.2, 0.25) is 0 Å². The molecule has 0 saturated carbocycles. The lowest BCUT2D eigenvalue weighted by Gasteiger charge is -2.26. The summed E-state index contributed by atoms with van der Waals surface area (Å²) in [4.78, 5) is 11.9. The maximum absolute atomic E-state index is 13.5. The van der Waals surface area contributed by atoms with Crippen LogP contribution < -0.4 is 14.8 Å². The van der Waals surface area contributed by atoms with Gasteiger partial charge < -0.3 is 14.8 Å². The minimum atomic E-state index is -0.239. The zero-order chi connectivity index (χ0) is 16.8. The van der Waals surface area contributed by atoms with Crippen molar-refractivity contribution in [3.05, 3.63) is 59.9 Å². The second-order valence-electron chi connectivity index (χ2n) is 5.39. The van der Waals surface area contributed by atoms with E-state index in [0.717, 1.165) is 5.75 Å². The van der Waals surface area contributed by atoms with Crippen LogP contribution in [-0.4, -0.2) is 30.9 Å². The van der Waals surface area contributed by atoms with Gasteiger partial charge in [-0.15, -0.1) is 11.8 Å². The molecule has 0 aliphatic carbocycles. The molecule has 0 spiro atoms. The second-order valence-corrected chi connectivity index (χ2v) is 6.37. The highest BCUT2D eigenvalue weighted by Gasteiger charge is 2.20. The lowest BCUT2D eigenvalue weighted by molar-refractivity contribution is -0.119. The number of hydrogen-bond donors (Lipinski definition) is 1. The topological polar surface area (TPSA) is 47.6 Å². The minimum absolute atomic E-state index is 0.0983. The molecule has 1 unspecified atom stereocenters. The Morgan fingerprint density at radius 3 is 2.75 bits per heavy atom. The fourth-order valence-corrected chi connectivity index (χ4v) is 3.16. The molecule has 1 heterocycles. The maximum Gasteiger partial charge on any atom is 0.230 e. The van der Waals surface area contributed by atoms with Gasteiger partial charge in [0.05, 0.1) is 12.3 Å². The Hall–Kier alpha value is -2.21. The smallest absolute Gasteiger partial charge is 0.230 e. The van der Waals surface area contributed by atoms with Gasteiger partial charge >= 0.3 is 0 Å². The Morgan fingerprint density at radius 2 is 1.92 bits per heavy atom. The van der Waals surface area contributed by atoms with Gasteiger partial charge in [-0.05, 0) is 23.8 Å². The Kier molecular flexibility index (Phi) is 5.59. The zero-order valence-electron chi connectivity index (χ0n) is 13.0. The summed E-state index contributed by atoms with van der Waals surface area (Å²) in [7, 11) is 0.